The van der Waals surface area contributed by atoms with Crippen molar-refractivity contribution in [2.24, 2.45) is 0 Å². The Bertz CT molecular complexity index is 495. The molecule has 0 radical (unpaired) electrons. The normalized spacial score (nSPS) is 19.6. The predicted octanol–water partition coefficient (Wildman–Crippen LogP) is 1.33. The van der Waals surface area contributed by atoms with Gasteiger partial charge in [0.15, 0.2) is 0 Å². The molecular formula is C11H11BrFN3O2. The number of pyridine rings is 1. The molecule has 0 saturated carbocycles. The Kier molecular flexibility index (Phi) is 3.90. The molecule has 0 spiro atoms. The van der Waals surface area contributed by atoms with Crippen molar-refractivity contribution in [3.63, 3.8) is 0 Å². The van der Waals surface area contributed by atoms with Gasteiger partial charge in [0.05, 0.1) is 11.9 Å². The maximum absolute atomic E-state index is 13.0. The van der Waals surface area contributed by atoms with E-state index in [1.54, 1.807) is 0 Å². The summed E-state index contributed by atoms with van der Waals surface area (Å²) >= 11 is 3.24. The Morgan fingerprint density at radius 1 is 1.56 bits per heavy atom. The maximum Gasteiger partial charge on any atom is 0.249 e. The lowest BCUT2D eigenvalue weighted by atomic mass is 10.1. The fourth-order valence-electron chi connectivity index (χ4n) is 1.73. The first-order valence-electron chi connectivity index (χ1n) is 5.41. The summed E-state index contributed by atoms with van der Waals surface area (Å²) in [7, 11) is 0. The van der Waals surface area contributed by atoms with Crippen LogP contribution in [0.25, 0.3) is 0 Å². The van der Waals surface area contributed by atoms with Crippen LogP contribution in [-0.4, -0.2) is 22.8 Å². The average Bonchev–Trinajstić information content (AvgIpc) is 2.34. The van der Waals surface area contributed by atoms with Crippen LogP contribution in [0, 0.1) is 5.95 Å². The Balaban J connectivity index is 2.14. The highest BCUT2D eigenvalue weighted by atomic mass is 79.9. The van der Waals surface area contributed by atoms with E-state index < -0.39 is 12.0 Å². The van der Waals surface area contributed by atoms with Crippen LogP contribution in [0.3, 0.4) is 0 Å². The molecule has 2 amide bonds. The molecule has 0 aliphatic carbocycles. The van der Waals surface area contributed by atoms with Crippen molar-refractivity contribution in [1.29, 1.82) is 0 Å². The van der Waals surface area contributed by atoms with E-state index >= 15 is 0 Å². The molecule has 5 nitrogen and oxygen atoms in total. The molecule has 2 heterocycles. The number of rotatable bonds is 3. The third kappa shape index (κ3) is 2.84. The number of hydrogen-bond acceptors (Lipinski definition) is 4. The molecule has 0 aromatic carbocycles. The number of nitrogens with zero attached hydrogens (tertiary/aromatic N) is 1. The molecule has 1 saturated heterocycles. The van der Waals surface area contributed by atoms with Gasteiger partial charge in [-0.2, -0.15) is 4.39 Å². The van der Waals surface area contributed by atoms with Crippen molar-refractivity contribution in [3.8, 4) is 0 Å². The summed E-state index contributed by atoms with van der Waals surface area (Å²) < 4.78 is 13.0. The Morgan fingerprint density at radius 2 is 2.33 bits per heavy atom. The van der Waals surface area contributed by atoms with Gasteiger partial charge in [0.2, 0.25) is 17.8 Å². The van der Waals surface area contributed by atoms with E-state index in [-0.39, 0.29) is 11.8 Å². The largest absolute Gasteiger partial charge is 0.372 e. The number of aromatic nitrogens is 1. The van der Waals surface area contributed by atoms with Gasteiger partial charge in [-0.3, -0.25) is 14.9 Å². The summed E-state index contributed by atoms with van der Waals surface area (Å²) in [5.41, 5.74) is 1.26. The van der Waals surface area contributed by atoms with Gasteiger partial charge in [-0.1, -0.05) is 15.9 Å². The SMILES string of the molecule is O=C1CCC(Nc2cnc(F)cc2CBr)C(=O)N1. The number of imide groups is 1. The monoisotopic (exact) mass is 315 g/mol. The first-order valence-corrected chi connectivity index (χ1v) is 6.53. The number of carbonyl (C=O) groups is 2. The van der Waals surface area contributed by atoms with E-state index in [0.717, 1.165) is 0 Å². The second kappa shape index (κ2) is 5.43. The molecule has 1 aromatic heterocycles. The molecule has 2 N–H and O–H groups in total. The van der Waals surface area contributed by atoms with Crippen LogP contribution >= 0.6 is 15.9 Å². The van der Waals surface area contributed by atoms with Crippen molar-refractivity contribution in [2.75, 3.05) is 5.32 Å². The molecule has 18 heavy (non-hydrogen) atoms. The number of hydrogen-bond donors (Lipinski definition) is 2. The Morgan fingerprint density at radius 3 is 3.00 bits per heavy atom. The quantitative estimate of drug-likeness (QED) is 0.501. The van der Waals surface area contributed by atoms with Gasteiger partial charge in [-0.05, 0) is 18.1 Å². The molecule has 1 aromatic rings. The molecule has 1 unspecified atom stereocenters. The Hall–Kier alpha value is -1.50. The number of piperidine rings is 1. The molecule has 7 heteroatoms. The molecule has 0 bridgehead atoms. The van der Waals surface area contributed by atoms with Crippen LogP contribution in [-0.2, 0) is 14.9 Å². The predicted molar refractivity (Wildman–Crippen MR) is 66.6 cm³/mol. The van der Waals surface area contributed by atoms with Gasteiger partial charge < -0.3 is 5.32 Å². The number of carbonyl (C=O) groups excluding carboxylic acids is 2. The van der Waals surface area contributed by atoms with E-state index in [0.29, 0.717) is 29.4 Å². The summed E-state index contributed by atoms with van der Waals surface area (Å²) in [6, 6.07) is 0.802. The fraction of sp³-hybridized carbons (Fsp3) is 0.364. The first kappa shape index (κ1) is 12.9. The minimum Gasteiger partial charge on any atom is -0.372 e. The van der Waals surface area contributed by atoms with Gasteiger partial charge in [-0.25, -0.2) is 4.98 Å². The third-order valence-corrected chi connectivity index (χ3v) is 3.27. The van der Waals surface area contributed by atoms with E-state index in [1.165, 1.54) is 12.3 Å². The van der Waals surface area contributed by atoms with Crippen LogP contribution in [0.15, 0.2) is 12.3 Å². The highest BCUT2D eigenvalue weighted by Crippen LogP contribution is 2.20. The number of amides is 2. The lowest BCUT2D eigenvalue weighted by molar-refractivity contribution is -0.133. The minimum atomic E-state index is -0.571. The van der Waals surface area contributed by atoms with Gasteiger partial charge in [0, 0.05) is 11.8 Å². The van der Waals surface area contributed by atoms with Gasteiger partial charge in [0.25, 0.3) is 0 Å². The van der Waals surface area contributed by atoms with Crippen LogP contribution in [0.5, 0.6) is 0 Å². The number of halogens is 2. The van der Waals surface area contributed by atoms with Crippen LogP contribution in [0.4, 0.5) is 10.1 Å². The lowest BCUT2D eigenvalue weighted by Crippen LogP contribution is -2.47. The standard InChI is InChI=1S/C11H11BrFN3O2/c12-4-6-3-9(13)14-5-8(6)15-7-1-2-10(17)16-11(7)18/h3,5,7,15H,1-2,4H2,(H,16,17,18). The van der Waals surface area contributed by atoms with E-state index in [2.05, 4.69) is 31.5 Å². The van der Waals surface area contributed by atoms with E-state index in [9.17, 15) is 14.0 Å². The van der Waals surface area contributed by atoms with E-state index in [4.69, 9.17) is 0 Å². The topological polar surface area (TPSA) is 71.1 Å². The molecule has 2 rings (SSSR count). The summed E-state index contributed by atoms with van der Waals surface area (Å²) in [5, 5.41) is 5.67. The van der Waals surface area contributed by atoms with Crippen molar-refractivity contribution in [1.82, 2.24) is 10.3 Å². The van der Waals surface area contributed by atoms with Gasteiger partial charge in [-0.15, -0.1) is 0 Å². The summed E-state index contributed by atoms with van der Waals surface area (Å²) in [4.78, 5) is 26.1. The lowest BCUT2D eigenvalue weighted by Gasteiger charge is -2.23. The van der Waals surface area contributed by atoms with Crippen molar-refractivity contribution in [2.45, 2.75) is 24.2 Å². The minimum absolute atomic E-state index is 0.268. The molecule has 96 valence electrons. The van der Waals surface area contributed by atoms with E-state index in [1.807, 2.05) is 0 Å². The Labute approximate surface area is 111 Å². The maximum atomic E-state index is 13.0. The summed E-state index contributed by atoms with van der Waals surface area (Å²) in [6.45, 7) is 0. The second-order valence-electron chi connectivity index (χ2n) is 3.95. The average molecular weight is 316 g/mol. The zero-order chi connectivity index (χ0) is 13.1. The first-order chi connectivity index (χ1) is 8.60. The fourth-order valence-corrected chi connectivity index (χ4v) is 2.19. The molecule has 1 aliphatic heterocycles. The van der Waals surface area contributed by atoms with Crippen LogP contribution in [0.2, 0.25) is 0 Å². The number of nitrogens with one attached hydrogen (secondary N) is 2. The van der Waals surface area contributed by atoms with Crippen molar-refractivity contribution >= 4 is 33.4 Å². The van der Waals surface area contributed by atoms with Gasteiger partial charge in [0.1, 0.15) is 6.04 Å². The zero-order valence-corrected chi connectivity index (χ0v) is 11.0. The van der Waals surface area contributed by atoms with Crippen LogP contribution in [0.1, 0.15) is 18.4 Å². The number of anilines is 1. The van der Waals surface area contributed by atoms with Crippen molar-refractivity contribution in [3.05, 3.63) is 23.8 Å². The smallest absolute Gasteiger partial charge is 0.249 e. The van der Waals surface area contributed by atoms with Gasteiger partial charge >= 0.3 is 0 Å². The highest BCUT2D eigenvalue weighted by Gasteiger charge is 2.26. The molecule has 1 fully saturated rings. The highest BCUT2D eigenvalue weighted by molar-refractivity contribution is 9.08. The summed E-state index contributed by atoms with van der Waals surface area (Å²) in [6.07, 6.45) is 2.06. The number of alkyl halides is 1. The van der Waals surface area contributed by atoms with Crippen LogP contribution < -0.4 is 10.6 Å². The molecule has 1 atom stereocenters. The zero-order valence-electron chi connectivity index (χ0n) is 9.37. The second-order valence-corrected chi connectivity index (χ2v) is 4.51. The molecular weight excluding hydrogens is 305 g/mol. The third-order valence-electron chi connectivity index (χ3n) is 2.67. The summed E-state index contributed by atoms with van der Waals surface area (Å²) in [5.74, 6) is -1.20. The van der Waals surface area contributed by atoms with Crippen molar-refractivity contribution < 1.29 is 14.0 Å². The molecule has 1 aliphatic rings.